The zero-order valence-electron chi connectivity index (χ0n) is 11.1. The zero-order chi connectivity index (χ0) is 14.3. The molecule has 1 fully saturated rings. The summed E-state index contributed by atoms with van der Waals surface area (Å²) in [7, 11) is -3.63. The number of rotatable bonds is 3. The molecule has 1 aromatic rings. The molecule has 6 heteroatoms. The van der Waals surface area contributed by atoms with E-state index in [4.69, 9.17) is 17.3 Å². The molecule has 0 saturated heterocycles. The largest absolute Gasteiger partial charge is 0.399 e. The van der Waals surface area contributed by atoms with Crippen LogP contribution in [0.3, 0.4) is 0 Å². The third-order valence-electron chi connectivity index (χ3n) is 3.80. The van der Waals surface area contributed by atoms with Crippen molar-refractivity contribution in [2.75, 3.05) is 5.73 Å². The van der Waals surface area contributed by atoms with Crippen molar-refractivity contribution in [1.29, 1.82) is 0 Å². The summed E-state index contributed by atoms with van der Waals surface area (Å²) in [5, 5.41) is 0.192. The van der Waals surface area contributed by atoms with Crippen LogP contribution in [0, 0.1) is 5.41 Å². The summed E-state index contributed by atoms with van der Waals surface area (Å²) in [5.74, 6) is 0. The van der Waals surface area contributed by atoms with Gasteiger partial charge in [0.15, 0.2) is 0 Å². The standard InChI is InChI=1S/C13H19ClN2O2S/c1-13(2)7-3-4-12(13)16-19(17,18)11-8-9(15)5-6-10(11)14/h5-6,8,12,16H,3-4,7,15H2,1-2H3. The molecule has 106 valence electrons. The van der Waals surface area contributed by atoms with Gasteiger partial charge in [-0.15, -0.1) is 0 Å². The van der Waals surface area contributed by atoms with Gasteiger partial charge in [-0.05, 0) is 36.5 Å². The van der Waals surface area contributed by atoms with Gasteiger partial charge in [-0.1, -0.05) is 31.9 Å². The molecule has 0 aliphatic heterocycles. The number of hydrogen-bond acceptors (Lipinski definition) is 3. The van der Waals surface area contributed by atoms with E-state index in [-0.39, 0.29) is 21.4 Å². The predicted octanol–water partition coefficient (Wildman–Crippen LogP) is 2.78. The van der Waals surface area contributed by atoms with Crippen LogP contribution in [-0.4, -0.2) is 14.5 Å². The van der Waals surface area contributed by atoms with Crippen LogP contribution in [0.15, 0.2) is 23.1 Å². The number of nitrogens with two attached hydrogens (primary N) is 1. The van der Waals surface area contributed by atoms with E-state index in [0.717, 1.165) is 19.3 Å². The highest BCUT2D eigenvalue weighted by molar-refractivity contribution is 7.89. The molecular weight excluding hydrogens is 284 g/mol. The van der Waals surface area contributed by atoms with E-state index < -0.39 is 10.0 Å². The summed E-state index contributed by atoms with van der Waals surface area (Å²) in [5.41, 5.74) is 5.99. The highest BCUT2D eigenvalue weighted by Gasteiger charge is 2.37. The molecule has 2 rings (SSSR count). The van der Waals surface area contributed by atoms with Gasteiger partial charge < -0.3 is 5.73 Å². The van der Waals surface area contributed by atoms with Gasteiger partial charge in [0.1, 0.15) is 4.90 Å². The van der Waals surface area contributed by atoms with Gasteiger partial charge in [0.2, 0.25) is 10.0 Å². The minimum absolute atomic E-state index is 0.0279. The molecule has 1 aliphatic rings. The van der Waals surface area contributed by atoms with Gasteiger partial charge in [-0.25, -0.2) is 13.1 Å². The second-order valence-electron chi connectivity index (χ2n) is 5.74. The molecule has 0 spiro atoms. The van der Waals surface area contributed by atoms with Crippen molar-refractivity contribution < 1.29 is 8.42 Å². The van der Waals surface area contributed by atoms with Crippen LogP contribution in [-0.2, 0) is 10.0 Å². The molecule has 0 amide bonds. The Morgan fingerprint density at radius 2 is 2.11 bits per heavy atom. The van der Waals surface area contributed by atoms with Crippen LogP contribution in [0.2, 0.25) is 5.02 Å². The fourth-order valence-electron chi connectivity index (χ4n) is 2.52. The van der Waals surface area contributed by atoms with Crippen molar-refractivity contribution in [1.82, 2.24) is 4.72 Å². The Hall–Kier alpha value is -0.780. The zero-order valence-corrected chi connectivity index (χ0v) is 12.7. The lowest BCUT2D eigenvalue weighted by Crippen LogP contribution is -2.41. The van der Waals surface area contributed by atoms with Crippen molar-refractivity contribution in [2.24, 2.45) is 5.41 Å². The van der Waals surface area contributed by atoms with Crippen molar-refractivity contribution >= 4 is 27.3 Å². The van der Waals surface area contributed by atoms with Crippen LogP contribution < -0.4 is 10.5 Å². The Bertz CT molecular complexity index is 584. The monoisotopic (exact) mass is 302 g/mol. The van der Waals surface area contributed by atoms with E-state index in [2.05, 4.69) is 18.6 Å². The van der Waals surface area contributed by atoms with Gasteiger partial charge in [0.25, 0.3) is 0 Å². The summed E-state index contributed by atoms with van der Waals surface area (Å²) in [6.07, 6.45) is 2.90. The first-order valence-corrected chi connectivity index (χ1v) is 8.16. The first kappa shape index (κ1) is 14.6. The molecule has 3 N–H and O–H groups in total. The van der Waals surface area contributed by atoms with Crippen LogP contribution in [0.25, 0.3) is 0 Å². The lowest BCUT2D eigenvalue weighted by Gasteiger charge is -2.27. The van der Waals surface area contributed by atoms with Crippen LogP contribution >= 0.6 is 11.6 Å². The summed E-state index contributed by atoms with van der Waals surface area (Å²) < 4.78 is 27.6. The molecule has 1 unspecified atom stereocenters. The van der Waals surface area contributed by atoms with E-state index in [1.54, 1.807) is 6.07 Å². The van der Waals surface area contributed by atoms with Gasteiger partial charge in [0, 0.05) is 11.7 Å². The van der Waals surface area contributed by atoms with Crippen molar-refractivity contribution in [3.05, 3.63) is 23.2 Å². The fourth-order valence-corrected chi connectivity index (χ4v) is 4.50. The number of benzene rings is 1. The molecule has 1 aromatic carbocycles. The molecule has 0 radical (unpaired) electrons. The first-order chi connectivity index (χ1) is 8.72. The normalized spacial score (nSPS) is 22.6. The fraction of sp³-hybridized carbons (Fsp3) is 0.538. The predicted molar refractivity (Wildman–Crippen MR) is 77.6 cm³/mol. The average molecular weight is 303 g/mol. The van der Waals surface area contributed by atoms with Gasteiger partial charge in [-0.2, -0.15) is 0 Å². The van der Waals surface area contributed by atoms with E-state index >= 15 is 0 Å². The Kier molecular flexibility index (Phi) is 3.82. The SMILES string of the molecule is CC1(C)CCCC1NS(=O)(=O)c1cc(N)ccc1Cl. The molecule has 0 bridgehead atoms. The van der Waals surface area contributed by atoms with E-state index in [9.17, 15) is 8.42 Å². The second kappa shape index (κ2) is 4.96. The summed E-state index contributed by atoms with van der Waals surface area (Å²) in [6.45, 7) is 4.16. The first-order valence-electron chi connectivity index (χ1n) is 6.30. The number of nitrogens with one attached hydrogen (secondary N) is 1. The number of sulfonamides is 1. The van der Waals surface area contributed by atoms with E-state index in [0.29, 0.717) is 5.69 Å². The lowest BCUT2D eigenvalue weighted by molar-refractivity contribution is 0.313. The molecule has 1 atom stereocenters. The number of hydrogen-bond donors (Lipinski definition) is 2. The molecule has 0 aromatic heterocycles. The Morgan fingerprint density at radius 3 is 2.68 bits per heavy atom. The molecule has 19 heavy (non-hydrogen) atoms. The Balaban J connectivity index is 2.31. The number of halogens is 1. The second-order valence-corrected chi connectivity index (χ2v) is 7.83. The third kappa shape index (κ3) is 3.04. The van der Waals surface area contributed by atoms with Gasteiger partial charge in [-0.3, -0.25) is 0 Å². The topological polar surface area (TPSA) is 72.2 Å². The maximum atomic E-state index is 12.4. The maximum Gasteiger partial charge on any atom is 0.242 e. The van der Waals surface area contributed by atoms with Crippen molar-refractivity contribution in [2.45, 2.75) is 44.0 Å². The minimum atomic E-state index is -3.63. The van der Waals surface area contributed by atoms with Gasteiger partial charge in [0.05, 0.1) is 5.02 Å². The van der Waals surface area contributed by atoms with E-state index in [1.807, 2.05) is 0 Å². The lowest BCUT2D eigenvalue weighted by atomic mass is 9.88. The van der Waals surface area contributed by atoms with Crippen molar-refractivity contribution in [3.63, 3.8) is 0 Å². The highest BCUT2D eigenvalue weighted by atomic mass is 35.5. The van der Waals surface area contributed by atoms with Crippen LogP contribution in [0.4, 0.5) is 5.69 Å². The third-order valence-corrected chi connectivity index (χ3v) is 5.75. The quantitative estimate of drug-likeness (QED) is 0.843. The number of anilines is 1. The van der Waals surface area contributed by atoms with Gasteiger partial charge >= 0.3 is 0 Å². The minimum Gasteiger partial charge on any atom is -0.399 e. The van der Waals surface area contributed by atoms with Crippen molar-refractivity contribution in [3.8, 4) is 0 Å². The summed E-state index contributed by atoms with van der Waals surface area (Å²) in [4.78, 5) is 0.0527. The van der Waals surface area contributed by atoms with Crippen LogP contribution in [0.1, 0.15) is 33.1 Å². The van der Waals surface area contributed by atoms with Crippen LogP contribution in [0.5, 0.6) is 0 Å². The summed E-state index contributed by atoms with van der Waals surface area (Å²) >= 11 is 5.96. The Labute approximate surface area is 119 Å². The molecule has 1 aliphatic carbocycles. The van der Waals surface area contributed by atoms with E-state index in [1.165, 1.54) is 12.1 Å². The smallest absolute Gasteiger partial charge is 0.242 e. The maximum absolute atomic E-state index is 12.4. The molecule has 4 nitrogen and oxygen atoms in total. The summed E-state index contributed by atoms with van der Waals surface area (Å²) in [6, 6.07) is 4.42. The highest BCUT2D eigenvalue weighted by Crippen LogP contribution is 2.38. The molecule has 0 heterocycles. The Morgan fingerprint density at radius 1 is 1.42 bits per heavy atom. The average Bonchev–Trinajstić information content (AvgIpc) is 2.61. The molecule has 1 saturated carbocycles. The number of nitrogen functional groups attached to an aromatic ring is 1. The molecular formula is C13H19ClN2O2S.